The lowest BCUT2D eigenvalue weighted by Crippen LogP contribution is -2.30. The van der Waals surface area contributed by atoms with Crippen LogP contribution in [0.5, 0.6) is 0 Å². The fraction of sp³-hybridized carbons (Fsp3) is 0.649. The third-order valence-electron chi connectivity index (χ3n) is 14.3. The van der Waals surface area contributed by atoms with Gasteiger partial charge in [-0.15, -0.1) is 0 Å². The van der Waals surface area contributed by atoms with Gasteiger partial charge >= 0.3 is 17.9 Å². The number of hydrogen-bond donors (Lipinski definition) is 0. The van der Waals surface area contributed by atoms with E-state index in [2.05, 4.69) is 167 Å². The molecule has 0 N–H and O–H groups in total. The molecule has 6 heteroatoms. The highest BCUT2D eigenvalue weighted by Gasteiger charge is 2.19. The predicted molar refractivity (Wildman–Crippen MR) is 362 cm³/mol. The highest BCUT2D eigenvalue weighted by atomic mass is 16.6. The van der Waals surface area contributed by atoms with Gasteiger partial charge in [0.2, 0.25) is 0 Å². The van der Waals surface area contributed by atoms with Crippen molar-refractivity contribution in [3.05, 3.63) is 146 Å². The van der Waals surface area contributed by atoms with Crippen LogP contribution >= 0.6 is 0 Å². The van der Waals surface area contributed by atoms with Gasteiger partial charge in [-0.05, 0) is 122 Å². The van der Waals surface area contributed by atoms with Crippen LogP contribution in [0.3, 0.4) is 0 Å². The highest BCUT2D eigenvalue weighted by molar-refractivity contribution is 5.71. The Kier molecular flexibility index (Phi) is 65.8. The second kappa shape index (κ2) is 69.8. The van der Waals surface area contributed by atoms with Gasteiger partial charge in [-0.1, -0.05) is 308 Å². The summed E-state index contributed by atoms with van der Waals surface area (Å²) in [6.07, 6.45) is 101. The van der Waals surface area contributed by atoms with E-state index in [1.807, 2.05) is 0 Å². The summed E-state index contributed by atoms with van der Waals surface area (Å²) >= 11 is 0. The van der Waals surface area contributed by atoms with E-state index in [9.17, 15) is 14.4 Å². The quantitative estimate of drug-likeness (QED) is 0.0261. The molecule has 0 saturated heterocycles. The van der Waals surface area contributed by atoms with Crippen LogP contribution in [0.15, 0.2) is 146 Å². The zero-order valence-electron chi connectivity index (χ0n) is 53.9. The summed E-state index contributed by atoms with van der Waals surface area (Å²) < 4.78 is 16.8. The van der Waals surface area contributed by atoms with Crippen molar-refractivity contribution in [2.45, 2.75) is 309 Å². The molecule has 0 aromatic carbocycles. The van der Waals surface area contributed by atoms with Gasteiger partial charge in [-0.25, -0.2) is 0 Å². The van der Waals surface area contributed by atoms with Gasteiger partial charge in [0.25, 0.3) is 0 Å². The van der Waals surface area contributed by atoms with Crippen LogP contribution in [-0.4, -0.2) is 37.2 Å². The van der Waals surface area contributed by atoms with Gasteiger partial charge in [0.1, 0.15) is 13.2 Å². The molecule has 0 aromatic heterocycles. The fourth-order valence-electron chi connectivity index (χ4n) is 9.27. The zero-order valence-corrected chi connectivity index (χ0v) is 53.9. The maximum atomic E-state index is 12.8. The Morgan fingerprint density at radius 3 is 0.759 bits per heavy atom. The molecule has 83 heavy (non-hydrogen) atoms. The van der Waals surface area contributed by atoms with Gasteiger partial charge in [0.05, 0.1) is 0 Å². The average Bonchev–Trinajstić information content (AvgIpc) is 3.49. The topological polar surface area (TPSA) is 78.9 Å². The summed E-state index contributed by atoms with van der Waals surface area (Å²) in [6.45, 7) is 6.30. The Morgan fingerprint density at radius 1 is 0.253 bits per heavy atom. The third-order valence-corrected chi connectivity index (χ3v) is 14.3. The van der Waals surface area contributed by atoms with Gasteiger partial charge in [-0.2, -0.15) is 0 Å². The molecule has 0 fully saturated rings. The maximum absolute atomic E-state index is 12.8. The van der Waals surface area contributed by atoms with E-state index in [1.165, 1.54) is 116 Å². The first-order chi connectivity index (χ1) is 41.0. The first-order valence-corrected chi connectivity index (χ1v) is 34.3. The number of rotatable bonds is 61. The number of carbonyl (C=O) groups is 3. The Morgan fingerprint density at radius 2 is 0.470 bits per heavy atom. The smallest absolute Gasteiger partial charge is 0.306 e. The van der Waals surface area contributed by atoms with Gasteiger partial charge < -0.3 is 14.2 Å². The SMILES string of the molecule is CC/C=C\C/C=C\C/C=C\C/C=C\C/C=C\C/C=C\C/C=C\C/C=C\CCCCC(=O)OC(COC(=O)CCCCCCC)COC(=O)CCCCCCCCCCCCCCCCCCCCCC/C=C\C/C=C\C/C=C\C/C=C\CC. The molecule has 0 aromatic rings. The van der Waals surface area contributed by atoms with Crippen LogP contribution in [0.25, 0.3) is 0 Å². The van der Waals surface area contributed by atoms with E-state index < -0.39 is 6.10 Å². The summed E-state index contributed by atoms with van der Waals surface area (Å²) in [5.74, 6) is -0.952. The maximum Gasteiger partial charge on any atom is 0.306 e. The van der Waals surface area contributed by atoms with Crippen LogP contribution in [0.4, 0.5) is 0 Å². The van der Waals surface area contributed by atoms with Crippen molar-refractivity contribution < 1.29 is 28.6 Å². The molecule has 0 heterocycles. The highest BCUT2D eigenvalue weighted by Crippen LogP contribution is 2.17. The minimum Gasteiger partial charge on any atom is -0.462 e. The number of hydrogen-bond acceptors (Lipinski definition) is 6. The summed E-state index contributed by atoms with van der Waals surface area (Å²) in [5, 5.41) is 0. The van der Waals surface area contributed by atoms with Crippen molar-refractivity contribution in [2.24, 2.45) is 0 Å². The molecule has 0 aliphatic carbocycles. The number of carbonyl (C=O) groups excluding carboxylic acids is 3. The molecular formula is C77H126O6. The molecule has 0 rings (SSSR count). The van der Waals surface area contributed by atoms with Crippen molar-refractivity contribution in [1.29, 1.82) is 0 Å². The minimum atomic E-state index is -0.802. The lowest BCUT2D eigenvalue weighted by atomic mass is 10.0. The predicted octanol–water partition coefficient (Wildman–Crippen LogP) is 23.9. The molecule has 0 aliphatic rings. The van der Waals surface area contributed by atoms with Crippen molar-refractivity contribution in [1.82, 2.24) is 0 Å². The fourth-order valence-corrected chi connectivity index (χ4v) is 9.27. The van der Waals surface area contributed by atoms with Crippen molar-refractivity contribution in [2.75, 3.05) is 13.2 Å². The van der Waals surface area contributed by atoms with Crippen LogP contribution in [0, 0.1) is 0 Å². The van der Waals surface area contributed by atoms with Crippen LogP contribution in [-0.2, 0) is 28.6 Å². The monoisotopic (exact) mass is 1150 g/mol. The van der Waals surface area contributed by atoms with E-state index in [0.717, 1.165) is 141 Å². The summed E-state index contributed by atoms with van der Waals surface area (Å²) in [7, 11) is 0. The van der Waals surface area contributed by atoms with Crippen LogP contribution in [0.1, 0.15) is 303 Å². The number of esters is 3. The van der Waals surface area contributed by atoms with Gasteiger partial charge in [-0.3, -0.25) is 14.4 Å². The summed E-state index contributed by atoms with van der Waals surface area (Å²) in [6, 6.07) is 0. The lowest BCUT2D eigenvalue weighted by molar-refractivity contribution is -0.167. The molecule has 6 nitrogen and oxygen atoms in total. The van der Waals surface area contributed by atoms with E-state index >= 15 is 0 Å². The largest absolute Gasteiger partial charge is 0.462 e. The van der Waals surface area contributed by atoms with Crippen LogP contribution < -0.4 is 0 Å². The second-order valence-electron chi connectivity index (χ2n) is 22.3. The number of unbranched alkanes of at least 4 members (excludes halogenated alkanes) is 26. The normalized spacial score (nSPS) is 13.0. The van der Waals surface area contributed by atoms with Gasteiger partial charge in [0, 0.05) is 19.3 Å². The lowest BCUT2D eigenvalue weighted by Gasteiger charge is -2.18. The van der Waals surface area contributed by atoms with Crippen LogP contribution in [0.2, 0.25) is 0 Å². The molecule has 0 saturated carbocycles. The second-order valence-corrected chi connectivity index (χ2v) is 22.3. The molecule has 0 radical (unpaired) electrons. The summed E-state index contributed by atoms with van der Waals surface area (Å²) in [5.41, 5.74) is 0. The number of ether oxygens (including phenoxy) is 3. The third kappa shape index (κ3) is 68.0. The molecule has 0 amide bonds. The molecule has 0 aliphatic heterocycles. The number of allylic oxidation sites excluding steroid dienone is 24. The first-order valence-electron chi connectivity index (χ1n) is 34.3. The Labute approximate surface area is 512 Å². The zero-order chi connectivity index (χ0) is 59.9. The van der Waals surface area contributed by atoms with E-state index in [4.69, 9.17) is 14.2 Å². The Balaban J connectivity index is 4.06. The van der Waals surface area contributed by atoms with Crippen molar-refractivity contribution in [3.63, 3.8) is 0 Å². The molecule has 1 unspecified atom stereocenters. The van der Waals surface area contributed by atoms with E-state index in [0.29, 0.717) is 19.3 Å². The standard InChI is InChI=1S/C77H126O6/c1-4-7-10-13-15-17-19-21-23-25-27-29-31-33-35-36-37-38-39-40-42-43-45-47-49-51-53-55-57-59-61-64-67-70-76(79)82-73-74(72-81-75(78)69-66-63-12-9-6-3)83-77(80)71-68-65-62-60-58-56-54-52-50-48-46-44-41-34-32-30-28-26-24-22-20-18-16-14-11-8-5-2/h7-8,10-11,15-18,21-24,27-30,34,41,46,48,52,54,58,60,74H,4-6,9,12-14,19-20,25-26,31-33,35-40,42-45,47,49-51,53,55-57,59,61-73H2,1-3H3/b10-7-,11-8-,17-15-,18-16-,23-21-,24-22-,29-27-,30-28-,41-34-,48-46-,54-52-,60-58-. The molecule has 0 bridgehead atoms. The summed E-state index contributed by atoms with van der Waals surface area (Å²) in [4.78, 5) is 38.0. The van der Waals surface area contributed by atoms with E-state index in [1.54, 1.807) is 0 Å². The first kappa shape index (κ1) is 78.3. The molecule has 470 valence electrons. The minimum absolute atomic E-state index is 0.0972. The van der Waals surface area contributed by atoms with E-state index in [-0.39, 0.29) is 37.5 Å². The Hall–Kier alpha value is -4.71. The van der Waals surface area contributed by atoms with Crippen molar-refractivity contribution in [3.8, 4) is 0 Å². The molecule has 1 atom stereocenters. The average molecular weight is 1150 g/mol. The van der Waals surface area contributed by atoms with Gasteiger partial charge in [0.15, 0.2) is 6.10 Å². The van der Waals surface area contributed by atoms with Crippen molar-refractivity contribution >= 4 is 17.9 Å². The Bertz CT molecular complexity index is 1800. The molecular weight excluding hydrogens is 1020 g/mol. The molecule has 0 spiro atoms.